The third kappa shape index (κ3) is 3.09. The summed E-state index contributed by atoms with van der Waals surface area (Å²) in [6.07, 6.45) is 7.36. The minimum Gasteiger partial charge on any atom is -0.466 e. The van der Waals surface area contributed by atoms with Gasteiger partial charge in [-0.05, 0) is 24.7 Å². The predicted molar refractivity (Wildman–Crippen MR) is 71.0 cm³/mol. The highest BCUT2D eigenvalue weighted by Crippen LogP contribution is 2.59. The molecular weight excluding hydrogens is 228 g/mol. The number of carbonyl (C=O) groups excluding carboxylic acids is 2. The van der Waals surface area contributed by atoms with Crippen LogP contribution in [0.1, 0.15) is 34.1 Å². The molecule has 1 rings (SSSR count). The topological polar surface area (TPSA) is 43.4 Å². The Morgan fingerprint density at radius 2 is 2.00 bits per heavy atom. The predicted octanol–water partition coefficient (Wildman–Crippen LogP) is 2.91. The molecule has 18 heavy (non-hydrogen) atoms. The lowest BCUT2D eigenvalue weighted by atomic mass is 10.1. The summed E-state index contributed by atoms with van der Waals surface area (Å²) in [5.74, 6) is -0.186. The lowest BCUT2D eigenvalue weighted by Crippen LogP contribution is -2.10. The molecule has 3 nitrogen and oxygen atoms in total. The fourth-order valence-corrected chi connectivity index (χ4v) is 2.27. The molecule has 1 aliphatic carbocycles. The van der Waals surface area contributed by atoms with E-state index < -0.39 is 0 Å². The maximum Gasteiger partial charge on any atom is 0.310 e. The van der Waals surface area contributed by atoms with Crippen LogP contribution >= 0.6 is 0 Å². The van der Waals surface area contributed by atoms with E-state index in [1.54, 1.807) is 6.92 Å². The Balaban J connectivity index is 2.78. The highest BCUT2D eigenvalue weighted by atomic mass is 16.5. The molecule has 2 unspecified atom stereocenters. The van der Waals surface area contributed by atoms with Gasteiger partial charge in [-0.15, -0.1) is 0 Å². The Hall–Kier alpha value is -1.38. The van der Waals surface area contributed by atoms with Crippen LogP contribution in [-0.4, -0.2) is 18.9 Å². The van der Waals surface area contributed by atoms with Crippen molar-refractivity contribution in [1.29, 1.82) is 0 Å². The van der Waals surface area contributed by atoms with Gasteiger partial charge in [0.15, 0.2) is 0 Å². The number of hydrogen-bond acceptors (Lipinski definition) is 3. The first-order valence-corrected chi connectivity index (χ1v) is 6.49. The van der Waals surface area contributed by atoms with Crippen molar-refractivity contribution >= 4 is 12.3 Å². The summed E-state index contributed by atoms with van der Waals surface area (Å²) in [4.78, 5) is 22.7. The van der Waals surface area contributed by atoms with E-state index in [0.717, 1.165) is 12.7 Å². The zero-order valence-electron chi connectivity index (χ0n) is 11.6. The average Bonchev–Trinajstić information content (AvgIpc) is 2.86. The van der Waals surface area contributed by atoms with Crippen LogP contribution in [0.25, 0.3) is 0 Å². The van der Waals surface area contributed by atoms with E-state index in [-0.39, 0.29) is 23.2 Å². The molecule has 2 atom stereocenters. The van der Waals surface area contributed by atoms with Gasteiger partial charge in [-0.1, -0.05) is 39.0 Å². The lowest BCUT2D eigenvalue weighted by molar-refractivity contribution is -0.145. The van der Waals surface area contributed by atoms with Crippen LogP contribution in [0.3, 0.4) is 0 Å². The second-order valence-electron chi connectivity index (χ2n) is 5.17. The molecule has 1 aliphatic rings. The van der Waals surface area contributed by atoms with Gasteiger partial charge in [-0.3, -0.25) is 9.59 Å². The number of rotatable bonds is 6. The summed E-state index contributed by atoms with van der Waals surface area (Å²) >= 11 is 0. The normalized spacial score (nSPS) is 26.1. The Morgan fingerprint density at radius 3 is 2.50 bits per heavy atom. The maximum atomic E-state index is 11.8. The number of allylic oxidation sites excluding steroid dienone is 4. The molecule has 0 heterocycles. The molecule has 0 bridgehead atoms. The van der Waals surface area contributed by atoms with Crippen LogP contribution in [0.4, 0.5) is 0 Å². The minimum atomic E-state index is -0.159. The standard InChI is InChI=1S/C15H22O3/c1-5-7-8-11(10-16)9-12-13(15(12,3)4)14(17)18-6-2/h7-10,12-13H,5-6H2,1-4H3. The molecule has 0 aromatic rings. The molecule has 1 saturated carbocycles. The Kier molecular flexibility index (Phi) is 4.88. The fourth-order valence-electron chi connectivity index (χ4n) is 2.27. The smallest absolute Gasteiger partial charge is 0.310 e. The van der Waals surface area contributed by atoms with Crippen LogP contribution in [0.15, 0.2) is 23.8 Å². The number of carbonyl (C=O) groups is 2. The molecular formula is C15H22O3. The second kappa shape index (κ2) is 5.98. The third-order valence-corrected chi connectivity index (χ3v) is 3.51. The van der Waals surface area contributed by atoms with Crippen molar-refractivity contribution in [3.8, 4) is 0 Å². The third-order valence-electron chi connectivity index (χ3n) is 3.51. The zero-order chi connectivity index (χ0) is 13.8. The molecule has 0 spiro atoms. The molecule has 3 heteroatoms. The van der Waals surface area contributed by atoms with Crippen LogP contribution < -0.4 is 0 Å². The van der Waals surface area contributed by atoms with Crippen LogP contribution in [0, 0.1) is 17.3 Å². The van der Waals surface area contributed by atoms with Crippen molar-refractivity contribution in [2.24, 2.45) is 17.3 Å². The maximum absolute atomic E-state index is 11.8. The SMILES string of the molecule is CCC=CC(C=O)=CC1C(C(=O)OCC)C1(C)C. The molecule has 0 aromatic heterocycles. The highest BCUT2D eigenvalue weighted by molar-refractivity contribution is 5.81. The van der Waals surface area contributed by atoms with Crippen molar-refractivity contribution in [2.75, 3.05) is 6.61 Å². The molecule has 0 aromatic carbocycles. The summed E-state index contributed by atoms with van der Waals surface area (Å²) < 4.78 is 5.05. The molecule has 1 fully saturated rings. The van der Waals surface area contributed by atoms with E-state index in [1.165, 1.54) is 0 Å². The van der Waals surface area contributed by atoms with Gasteiger partial charge in [0.25, 0.3) is 0 Å². The van der Waals surface area contributed by atoms with Crippen molar-refractivity contribution < 1.29 is 14.3 Å². The van der Waals surface area contributed by atoms with Gasteiger partial charge in [0, 0.05) is 5.57 Å². The number of ether oxygens (including phenoxy) is 1. The van der Waals surface area contributed by atoms with Crippen LogP contribution in [0.5, 0.6) is 0 Å². The molecule has 0 N–H and O–H groups in total. The molecule has 0 amide bonds. The Bertz CT molecular complexity index is 377. The molecule has 100 valence electrons. The van der Waals surface area contributed by atoms with Crippen molar-refractivity contribution in [3.05, 3.63) is 23.8 Å². The molecule has 0 saturated heterocycles. The quantitative estimate of drug-likeness (QED) is 0.315. The molecule has 0 radical (unpaired) electrons. The summed E-state index contributed by atoms with van der Waals surface area (Å²) in [6, 6.07) is 0. The largest absolute Gasteiger partial charge is 0.466 e. The first kappa shape index (κ1) is 14.7. The van der Waals surface area contributed by atoms with E-state index in [9.17, 15) is 9.59 Å². The van der Waals surface area contributed by atoms with E-state index in [1.807, 2.05) is 39.0 Å². The van der Waals surface area contributed by atoms with E-state index in [2.05, 4.69) is 0 Å². The fraction of sp³-hybridized carbons (Fsp3) is 0.600. The minimum absolute atomic E-state index is 0.0956. The van der Waals surface area contributed by atoms with Gasteiger partial charge >= 0.3 is 5.97 Å². The lowest BCUT2D eigenvalue weighted by Gasteiger charge is -2.01. The summed E-state index contributed by atoms with van der Waals surface area (Å²) in [7, 11) is 0. The zero-order valence-corrected chi connectivity index (χ0v) is 11.6. The summed E-state index contributed by atoms with van der Waals surface area (Å²) in [5.41, 5.74) is 0.530. The van der Waals surface area contributed by atoms with Gasteiger partial charge in [-0.25, -0.2) is 0 Å². The molecule has 0 aliphatic heterocycles. The van der Waals surface area contributed by atoms with Gasteiger partial charge in [-0.2, -0.15) is 0 Å². The summed E-state index contributed by atoms with van der Waals surface area (Å²) in [6.45, 7) is 8.28. The highest BCUT2D eigenvalue weighted by Gasteiger charge is 2.61. The van der Waals surface area contributed by atoms with Crippen molar-refractivity contribution in [3.63, 3.8) is 0 Å². The summed E-state index contributed by atoms with van der Waals surface area (Å²) in [5, 5.41) is 0. The Labute approximate surface area is 109 Å². The monoisotopic (exact) mass is 250 g/mol. The van der Waals surface area contributed by atoms with E-state index in [4.69, 9.17) is 4.74 Å². The van der Waals surface area contributed by atoms with Crippen LogP contribution in [-0.2, 0) is 14.3 Å². The Morgan fingerprint density at radius 1 is 1.33 bits per heavy atom. The van der Waals surface area contributed by atoms with Gasteiger partial charge < -0.3 is 4.74 Å². The average molecular weight is 250 g/mol. The number of esters is 1. The number of aldehydes is 1. The van der Waals surface area contributed by atoms with E-state index in [0.29, 0.717) is 12.2 Å². The number of hydrogen-bond donors (Lipinski definition) is 0. The van der Waals surface area contributed by atoms with Gasteiger partial charge in [0.1, 0.15) is 6.29 Å². The first-order valence-electron chi connectivity index (χ1n) is 6.49. The van der Waals surface area contributed by atoms with Crippen molar-refractivity contribution in [2.45, 2.75) is 34.1 Å². The van der Waals surface area contributed by atoms with Crippen molar-refractivity contribution in [1.82, 2.24) is 0 Å². The van der Waals surface area contributed by atoms with Gasteiger partial charge in [0.05, 0.1) is 12.5 Å². The van der Waals surface area contributed by atoms with Crippen LogP contribution in [0.2, 0.25) is 0 Å². The van der Waals surface area contributed by atoms with E-state index >= 15 is 0 Å². The first-order chi connectivity index (χ1) is 8.48. The second-order valence-corrected chi connectivity index (χ2v) is 5.17. The van der Waals surface area contributed by atoms with Gasteiger partial charge in [0.2, 0.25) is 0 Å².